The minimum atomic E-state index is 0.898. The summed E-state index contributed by atoms with van der Waals surface area (Å²) in [5.74, 6) is 3.44. The monoisotopic (exact) mass is 200 g/mol. The van der Waals surface area contributed by atoms with Crippen LogP contribution in [0.5, 0.6) is 5.75 Å². The van der Waals surface area contributed by atoms with Gasteiger partial charge < -0.3 is 4.74 Å². The predicted molar refractivity (Wildman–Crippen MR) is 63.9 cm³/mol. The van der Waals surface area contributed by atoms with Gasteiger partial charge in [-0.2, -0.15) is 0 Å². The summed E-state index contributed by atoms with van der Waals surface area (Å²) in [6.07, 6.45) is 9.05. The van der Waals surface area contributed by atoms with Crippen molar-refractivity contribution in [2.45, 2.75) is 19.8 Å². The van der Waals surface area contributed by atoms with E-state index in [1.807, 2.05) is 18.2 Å². The van der Waals surface area contributed by atoms with Gasteiger partial charge in [0.1, 0.15) is 5.75 Å². The van der Waals surface area contributed by atoms with E-state index in [1.54, 1.807) is 7.11 Å². The Morgan fingerprint density at radius 3 is 2.60 bits per heavy atom. The van der Waals surface area contributed by atoms with Crippen LogP contribution >= 0.6 is 0 Å². The van der Waals surface area contributed by atoms with Crippen molar-refractivity contribution in [3.63, 3.8) is 0 Å². The summed E-state index contributed by atoms with van der Waals surface area (Å²) in [5, 5.41) is 0. The van der Waals surface area contributed by atoms with Gasteiger partial charge in [0.2, 0.25) is 0 Å². The molecule has 1 heteroatoms. The first-order chi connectivity index (χ1) is 7.26. The molecule has 0 spiro atoms. The standard InChI is InChI=1S/C14H16O/c1-4-5-12(2)6-7-13-8-10-14(15-3)11-9-13/h1,5,8-11H,6-7H2,2-3H3/b12-5+. The third kappa shape index (κ3) is 3.91. The molecule has 0 radical (unpaired) electrons. The molecule has 1 aromatic carbocycles. The Morgan fingerprint density at radius 1 is 1.40 bits per heavy atom. The first-order valence-corrected chi connectivity index (χ1v) is 5.01. The maximum Gasteiger partial charge on any atom is 0.118 e. The summed E-state index contributed by atoms with van der Waals surface area (Å²) in [6.45, 7) is 2.06. The maximum absolute atomic E-state index is 5.19. The zero-order valence-corrected chi connectivity index (χ0v) is 9.29. The van der Waals surface area contributed by atoms with Gasteiger partial charge in [0.05, 0.1) is 7.11 Å². The van der Waals surface area contributed by atoms with Gasteiger partial charge in [-0.05, 0) is 43.5 Å². The Kier molecular flexibility index (Phi) is 4.50. The zero-order valence-electron chi connectivity index (χ0n) is 9.29. The average Bonchev–Trinajstić information content (AvgIpc) is 2.27. The fourth-order valence-corrected chi connectivity index (χ4v) is 1.35. The highest BCUT2D eigenvalue weighted by molar-refractivity contribution is 5.28. The lowest BCUT2D eigenvalue weighted by molar-refractivity contribution is 0.414. The van der Waals surface area contributed by atoms with Crippen LogP contribution in [0.1, 0.15) is 18.9 Å². The minimum Gasteiger partial charge on any atom is -0.497 e. The molecule has 0 heterocycles. The van der Waals surface area contributed by atoms with Crippen molar-refractivity contribution in [3.05, 3.63) is 41.5 Å². The Hall–Kier alpha value is -1.68. The molecular weight excluding hydrogens is 184 g/mol. The van der Waals surface area contributed by atoms with Crippen molar-refractivity contribution in [1.82, 2.24) is 0 Å². The predicted octanol–water partition coefficient (Wildman–Crippen LogP) is 3.21. The summed E-state index contributed by atoms with van der Waals surface area (Å²) in [4.78, 5) is 0. The van der Waals surface area contributed by atoms with Crippen molar-refractivity contribution in [2.24, 2.45) is 0 Å². The quantitative estimate of drug-likeness (QED) is 0.678. The first kappa shape index (κ1) is 11.4. The van der Waals surface area contributed by atoms with Crippen LogP contribution in [0, 0.1) is 12.3 Å². The van der Waals surface area contributed by atoms with Crippen LogP contribution in [0.2, 0.25) is 0 Å². The Labute approximate surface area is 91.8 Å². The lowest BCUT2D eigenvalue weighted by atomic mass is 10.1. The van der Waals surface area contributed by atoms with Crippen LogP contribution in [-0.4, -0.2) is 7.11 Å². The molecular formula is C14H16O. The highest BCUT2D eigenvalue weighted by atomic mass is 16.5. The molecule has 0 fully saturated rings. The van der Waals surface area contributed by atoms with Gasteiger partial charge in [0.15, 0.2) is 0 Å². The fraction of sp³-hybridized carbons (Fsp3) is 0.286. The molecule has 0 bridgehead atoms. The topological polar surface area (TPSA) is 9.23 Å². The highest BCUT2D eigenvalue weighted by Crippen LogP contribution is 2.14. The number of hydrogen-bond acceptors (Lipinski definition) is 1. The molecule has 1 rings (SSSR count). The second kappa shape index (κ2) is 5.93. The molecule has 78 valence electrons. The molecule has 0 N–H and O–H groups in total. The molecule has 0 saturated carbocycles. The molecule has 1 aromatic rings. The third-order valence-corrected chi connectivity index (χ3v) is 2.30. The molecule has 0 atom stereocenters. The lowest BCUT2D eigenvalue weighted by Gasteiger charge is -2.03. The smallest absolute Gasteiger partial charge is 0.118 e. The number of rotatable bonds is 4. The van der Waals surface area contributed by atoms with E-state index in [9.17, 15) is 0 Å². The van der Waals surface area contributed by atoms with E-state index in [0.717, 1.165) is 18.6 Å². The van der Waals surface area contributed by atoms with Crippen LogP contribution in [-0.2, 0) is 6.42 Å². The number of hydrogen-bond donors (Lipinski definition) is 0. The number of allylic oxidation sites excluding steroid dienone is 2. The number of ether oxygens (including phenoxy) is 1. The molecule has 0 saturated heterocycles. The van der Waals surface area contributed by atoms with Gasteiger partial charge in [0.25, 0.3) is 0 Å². The van der Waals surface area contributed by atoms with Crippen molar-refractivity contribution in [3.8, 4) is 18.1 Å². The Bertz CT molecular complexity index is 365. The van der Waals surface area contributed by atoms with E-state index in [0.29, 0.717) is 0 Å². The Balaban J connectivity index is 2.52. The summed E-state index contributed by atoms with van der Waals surface area (Å²) in [7, 11) is 1.68. The number of aryl methyl sites for hydroxylation is 1. The van der Waals surface area contributed by atoms with Gasteiger partial charge in [0, 0.05) is 0 Å². The van der Waals surface area contributed by atoms with Crippen LogP contribution in [0.25, 0.3) is 0 Å². The lowest BCUT2D eigenvalue weighted by Crippen LogP contribution is -1.88. The maximum atomic E-state index is 5.19. The number of terminal acetylenes is 1. The van der Waals surface area contributed by atoms with Crippen molar-refractivity contribution < 1.29 is 4.74 Å². The SMILES string of the molecule is C#C/C=C(\C)CCc1ccc(OC)cc1. The van der Waals surface area contributed by atoms with Gasteiger partial charge in [-0.15, -0.1) is 6.42 Å². The van der Waals surface area contributed by atoms with E-state index < -0.39 is 0 Å². The van der Waals surface area contributed by atoms with E-state index in [2.05, 4.69) is 25.0 Å². The largest absolute Gasteiger partial charge is 0.497 e. The normalized spacial score (nSPS) is 10.9. The van der Waals surface area contributed by atoms with E-state index in [1.165, 1.54) is 11.1 Å². The van der Waals surface area contributed by atoms with Crippen LogP contribution < -0.4 is 4.74 Å². The van der Waals surface area contributed by atoms with Crippen LogP contribution in [0.4, 0.5) is 0 Å². The zero-order chi connectivity index (χ0) is 11.1. The second-order valence-electron chi connectivity index (χ2n) is 3.51. The minimum absolute atomic E-state index is 0.898. The van der Waals surface area contributed by atoms with E-state index in [-0.39, 0.29) is 0 Å². The van der Waals surface area contributed by atoms with Gasteiger partial charge in [-0.25, -0.2) is 0 Å². The molecule has 0 aromatic heterocycles. The van der Waals surface area contributed by atoms with Crippen molar-refractivity contribution in [1.29, 1.82) is 0 Å². The first-order valence-electron chi connectivity index (χ1n) is 5.01. The van der Waals surface area contributed by atoms with Gasteiger partial charge in [-0.1, -0.05) is 23.6 Å². The molecule has 0 amide bonds. The van der Waals surface area contributed by atoms with Crippen LogP contribution in [0.15, 0.2) is 35.9 Å². The van der Waals surface area contributed by atoms with Gasteiger partial charge >= 0.3 is 0 Å². The summed E-state index contributed by atoms with van der Waals surface area (Å²) < 4.78 is 5.10. The number of methoxy groups -OCH3 is 1. The average molecular weight is 200 g/mol. The Morgan fingerprint density at radius 2 is 2.07 bits per heavy atom. The molecule has 0 aliphatic heterocycles. The van der Waals surface area contributed by atoms with Crippen molar-refractivity contribution >= 4 is 0 Å². The molecule has 0 aliphatic carbocycles. The molecule has 1 nitrogen and oxygen atoms in total. The number of benzene rings is 1. The third-order valence-electron chi connectivity index (χ3n) is 2.30. The summed E-state index contributed by atoms with van der Waals surface area (Å²) >= 11 is 0. The molecule has 0 aliphatic rings. The summed E-state index contributed by atoms with van der Waals surface area (Å²) in [5.41, 5.74) is 2.55. The molecule has 0 unspecified atom stereocenters. The molecule has 15 heavy (non-hydrogen) atoms. The highest BCUT2D eigenvalue weighted by Gasteiger charge is 1.95. The fourth-order valence-electron chi connectivity index (χ4n) is 1.35. The van der Waals surface area contributed by atoms with E-state index >= 15 is 0 Å². The van der Waals surface area contributed by atoms with E-state index in [4.69, 9.17) is 11.2 Å². The van der Waals surface area contributed by atoms with Gasteiger partial charge in [-0.3, -0.25) is 0 Å². The summed E-state index contributed by atoms with van der Waals surface area (Å²) in [6, 6.07) is 8.13. The van der Waals surface area contributed by atoms with Crippen molar-refractivity contribution in [2.75, 3.05) is 7.11 Å². The second-order valence-corrected chi connectivity index (χ2v) is 3.51. The van der Waals surface area contributed by atoms with Crippen LogP contribution in [0.3, 0.4) is 0 Å².